The van der Waals surface area contributed by atoms with Gasteiger partial charge in [-0.3, -0.25) is 9.59 Å². The van der Waals surface area contributed by atoms with Crippen LogP contribution in [0.4, 0.5) is 0 Å². The summed E-state index contributed by atoms with van der Waals surface area (Å²) >= 11 is 0. The molecule has 0 radical (unpaired) electrons. The second kappa shape index (κ2) is 3.81. The van der Waals surface area contributed by atoms with Crippen LogP contribution in [-0.4, -0.2) is 11.8 Å². The van der Waals surface area contributed by atoms with E-state index in [0.717, 1.165) is 5.56 Å². The van der Waals surface area contributed by atoms with Crippen molar-refractivity contribution in [3.63, 3.8) is 0 Å². The quantitative estimate of drug-likeness (QED) is 0.483. The van der Waals surface area contributed by atoms with E-state index >= 15 is 0 Å². The lowest BCUT2D eigenvalue weighted by Gasteiger charge is -2.07. The topological polar surface area (TPSA) is 43.4 Å². The summed E-state index contributed by atoms with van der Waals surface area (Å²) in [6.07, 6.45) is 0. The van der Waals surface area contributed by atoms with E-state index in [1.165, 1.54) is 6.92 Å². The van der Waals surface area contributed by atoms with E-state index in [9.17, 15) is 9.59 Å². The third kappa shape index (κ3) is 1.44. The highest BCUT2D eigenvalue weighted by Crippen LogP contribution is 2.42. The fourth-order valence-corrected chi connectivity index (χ4v) is 2.28. The van der Waals surface area contributed by atoms with Gasteiger partial charge in [-0.2, -0.15) is 0 Å². The van der Waals surface area contributed by atoms with E-state index in [2.05, 4.69) is 0 Å². The molecule has 0 unspecified atom stereocenters. The number of carbonyl (C=O) groups excluding carboxylic acids is 2. The van der Waals surface area contributed by atoms with Crippen molar-refractivity contribution in [3.05, 3.63) is 53.6 Å². The molecule has 0 saturated carbocycles. The molecule has 2 aromatic rings. The van der Waals surface area contributed by atoms with Gasteiger partial charge < -0.3 is 4.74 Å². The molecular weight excluding hydrogens is 228 g/mol. The monoisotopic (exact) mass is 238 g/mol. The zero-order valence-electron chi connectivity index (χ0n) is 9.77. The van der Waals surface area contributed by atoms with Crippen LogP contribution in [0.5, 0.6) is 5.75 Å². The maximum Gasteiger partial charge on any atom is 0.308 e. The molecule has 0 atom stereocenters. The highest BCUT2D eigenvalue weighted by Gasteiger charge is 2.29. The molecular formula is C15H10O3. The maximum atomic E-state index is 12.2. The standard InChI is InChI=1S/C15H10O3/c1-9(16)18-13-8-4-7-12-14(13)10-5-2-3-6-11(10)15(12)17/h2-8H,1H3. The molecule has 0 fully saturated rings. The molecule has 0 aliphatic heterocycles. The molecule has 0 N–H and O–H groups in total. The Morgan fingerprint density at radius 2 is 1.61 bits per heavy atom. The van der Waals surface area contributed by atoms with E-state index in [1.807, 2.05) is 18.2 Å². The van der Waals surface area contributed by atoms with Gasteiger partial charge in [0.1, 0.15) is 5.75 Å². The number of hydrogen-bond donors (Lipinski definition) is 0. The van der Waals surface area contributed by atoms with Crippen LogP contribution in [0.1, 0.15) is 22.8 Å². The van der Waals surface area contributed by atoms with Crippen molar-refractivity contribution >= 4 is 11.8 Å². The highest BCUT2D eigenvalue weighted by molar-refractivity contribution is 6.22. The number of esters is 1. The van der Waals surface area contributed by atoms with Crippen LogP contribution in [0.2, 0.25) is 0 Å². The van der Waals surface area contributed by atoms with Gasteiger partial charge in [0, 0.05) is 23.6 Å². The fourth-order valence-electron chi connectivity index (χ4n) is 2.28. The predicted molar refractivity (Wildman–Crippen MR) is 66.6 cm³/mol. The molecule has 1 aliphatic carbocycles. The molecule has 3 rings (SSSR count). The van der Waals surface area contributed by atoms with Gasteiger partial charge in [-0.1, -0.05) is 36.4 Å². The van der Waals surface area contributed by atoms with Crippen molar-refractivity contribution in [1.82, 2.24) is 0 Å². The lowest BCUT2D eigenvalue weighted by Crippen LogP contribution is -2.03. The lowest BCUT2D eigenvalue weighted by atomic mass is 10.1. The van der Waals surface area contributed by atoms with Crippen LogP contribution in [0.15, 0.2) is 42.5 Å². The molecule has 18 heavy (non-hydrogen) atoms. The summed E-state index contributed by atoms with van der Waals surface area (Å²) in [5, 5.41) is 0. The van der Waals surface area contributed by atoms with Crippen molar-refractivity contribution in [2.24, 2.45) is 0 Å². The Hall–Kier alpha value is -2.42. The van der Waals surface area contributed by atoms with Crippen LogP contribution in [0.3, 0.4) is 0 Å². The van der Waals surface area contributed by atoms with E-state index in [0.29, 0.717) is 22.4 Å². The summed E-state index contributed by atoms with van der Waals surface area (Å²) in [4.78, 5) is 23.3. The van der Waals surface area contributed by atoms with Gasteiger partial charge in [0.05, 0.1) is 0 Å². The molecule has 0 aromatic heterocycles. The Bertz CT molecular complexity index is 671. The molecule has 3 heteroatoms. The van der Waals surface area contributed by atoms with Crippen LogP contribution in [0.25, 0.3) is 11.1 Å². The van der Waals surface area contributed by atoms with Gasteiger partial charge in [0.25, 0.3) is 0 Å². The minimum absolute atomic E-state index is 0.0189. The van der Waals surface area contributed by atoms with Crippen LogP contribution < -0.4 is 4.74 Å². The predicted octanol–water partition coefficient (Wildman–Crippen LogP) is 2.82. The molecule has 0 spiro atoms. The Kier molecular flexibility index (Phi) is 2.27. The first-order valence-electron chi connectivity index (χ1n) is 5.64. The van der Waals surface area contributed by atoms with E-state index in [-0.39, 0.29) is 11.8 Å². The lowest BCUT2D eigenvalue weighted by molar-refractivity contribution is -0.131. The van der Waals surface area contributed by atoms with Gasteiger partial charge >= 0.3 is 5.97 Å². The second-order valence-corrected chi connectivity index (χ2v) is 4.15. The summed E-state index contributed by atoms with van der Waals surface area (Å²) < 4.78 is 5.17. The maximum absolute atomic E-state index is 12.2. The summed E-state index contributed by atoms with van der Waals surface area (Å²) in [7, 11) is 0. The normalized spacial score (nSPS) is 11.9. The number of rotatable bonds is 1. The summed E-state index contributed by atoms with van der Waals surface area (Å²) in [5.74, 6) is 0.0353. The number of ether oxygens (including phenoxy) is 1. The molecule has 1 aliphatic rings. The van der Waals surface area contributed by atoms with Gasteiger partial charge in [0.15, 0.2) is 5.78 Å². The minimum atomic E-state index is -0.389. The third-order valence-corrected chi connectivity index (χ3v) is 2.97. The molecule has 0 amide bonds. The van der Waals surface area contributed by atoms with Crippen LogP contribution >= 0.6 is 0 Å². The number of fused-ring (bicyclic) bond motifs is 3. The smallest absolute Gasteiger partial charge is 0.308 e. The minimum Gasteiger partial charge on any atom is -0.426 e. The Morgan fingerprint density at radius 3 is 2.33 bits per heavy atom. The van der Waals surface area contributed by atoms with Crippen LogP contribution in [0, 0.1) is 0 Å². The number of benzene rings is 2. The van der Waals surface area contributed by atoms with Gasteiger partial charge in [0.2, 0.25) is 0 Å². The zero-order valence-corrected chi connectivity index (χ0v) is 9.77. The summed E-state index contributed by atoms with van der Waals surface area (Å²) in [6.45, 7) is 1.35. The largest absolute Gasteiger partial charge is 0.426 e. The molecule has 0 bridgehead atoms. The summed E-state index contributed by atoms with van der Waals surface area (Å²) in [6, 6.07) is 12.5. The van der Waals surface area contributed by atoms with E-state index in [4.69, 9.17) is 4.74 Å². The molecule has 0 heterocycles. The van der Waals surface area contributed by atoms with Crippen molar-refractivity contribution in [2.45, 2.75) is 6.92 Å². The average Bonchev–Trinajstić information content (AvgIpc) is 2.65. The first-order valence-corrected chi connectivity index (χ1v) is 5.64. The molecule has 2 aromatic carbocycles. The molecule has 88 valence electrons. The fraction of sp³-hybridized carbons (Fsp3) is 0.0667. The van der Waals surface area contributed by atoms with Crippen molar-refractivity contribution in [2.75, 3.05) is 0 Å². The number of ketones is 1. The Morgan fingerprint density at radius 1 is 0.944 bits per heavy atom. The Labute approximate surface area is 104 Å². The zero-order chi connectivity index (χ0) is 12.7. The van der Waals surface area contributed by atoms with Crippen molar-refractivity contribution in [1.29, 1.82) is 0 Å². The molecule has 0 saturated heterocycles. The van der Waals surface area contributed by atoms with E-state index in [1.54, 1.807) is 24.3 Å². The first kappa shape index (κ1) is 10.7. The molecule has 3 nitrogen and oxygen atoms in total. The Balaban J connectivity index is 2.28. The number of carbonyl (C=O) groups is 2. The first-order chi connectivity index (χ1) is 8.68. The van der Waals surface area contributed by atoms with Gasteiger partial charge in [-0.15, -0.1) is 0 Å². The number of hydrogen-bond acceptors (Lipinski definition) is 3. The highest BCUT2D eigenvalue weighted by atomic mass is 16.5. The second-order valence-electron chi connectivity index (χ2n) is 4.15. The van der Waals surface area contributed by atoms with Crippen LogP contribution in [-0.2, 0) is 4.79 Å². The van der Waals surface area contributed by atoms with Crippen molar-refractivity contribution in [3.8, 4) is 16.9 Å². The van der Waals surface area contributed by atoms with Gasteiger partial charge in [-0.25, -0.2) is 0 Å². The third-order valence-electron chi connectivity index (χ3n) is 2.97. The SMILES string of the molecule is CC(=O)Oc1cccc2c1-c1ccccc1C2=O. The summed E-state index contributed by atoms with van der Waals surface area (Å²) in [5.41, 5.74) is 2.80. The van der Waals surface area contributed by atoms with E-state index < -0.39 is 0 Å². The average molecular weight is 238 g/mol. The van der Waals surface area contributed by atoms with Crippen molar-refractivity contribution < 1.29 is 14.3 Å². The van der Waals surface area contributed by atoms with Gasteiger partial charge in [-0.05, 0) is 11.6 Å².